The third kappa shape index (κ3) is 4.87. The summed E-state index contributed by atoms with van der Waals surface area (Å²) in [6.45, 7) is 0. The molecular formula is C27H20F3N3O4. The summed E-state index contributed by atoms with van der Waals surface area (Å²) < 4.78 is 53.5. The second kappa shape index (κ2) is 9.61. The van der Waals surface area contributed by atoms with Gasteiger partial charge in [0.2, 0.25) is 5.88 Å². The van der Waals surface area contributed by atoms with Crippen molar-refractivity contribution in [2.75, 3.05) is 7.11 Å². The van der Waals surface area contributed by atoms with E-state index in [1.165, 1.54) is 43.9 Å². The zero-order valence-corrected chi connectivity index (χ0v) is 19.6. The fraction of sp³-hybridized carbons (Fsp3) is 0.222. The van der Waals surface area contributed by atoms with Crippen LogP contribution in [0.2, 0.25) is 0 Å². The average molecular weight is 507 g/mol. The highest BCUT2D eigenvalue weighted by Crippen LogP contribution is 2.49. The van der Waals surface area contributed by atoms with Crippen LogP contribution in [0.3, 0.4) is 0 Å². The molecule has 4 aromatic rings. The van der Waals surface area contributed by atoms with Crippen molar-refractivity contribution < 1.29 is 32.2 Å². The molecule has 0 aliphatic heterocycles. The first-order valence-electron chi connectivity index (χ1n) is 11.4. The van der Waals surface area contributed by atoms with Crippen molar-refractivity contribution in [2.45, 2.75) is 25.7 Å². The van der Waals surface area contributed by atoms with Crippen LogP contribution in [0, 0.1) is 22.9 Å². The van der Waals surface area contributed by atoms with Crippen LogP contribution < -0.4 is 9.47 Å². The van der Waals surface area contributed by atoms with Gasteiger partial charge in [0.05, 0.1) is 24.2 Å². The Morgan fingerprint density at radius 2 is 1.65 bits per heavy atom. The third-order valence-corrected chi connectivity index (χ3v) is 6.41. The highest BCUT2D eigenvalue weighted by molar-refractivity contribution is 6.11. The Kier molecular flexibility index (Phi) is 6.32. The largest absolute Gasteiger partial charge is 0.495 e. The molecule has 5 rings (SSSR count). The van der Waals surface area contributed by atoms with Crippen molar-refractivity contribution in [3.8, 4) is 17.4 Å². The van der Waals surface area contributed by atoms with Gasteiger partial charge in [-0.1, -0.05) is 12.1 Å². The van der Waals surface area contributed by atoms with Crippen molar-refractivity contribution in [1.29, 1.82) is 0 Å². The lowest BCUT2D eigenvalue weighted by Crippen LogP contribution is -2.29. The highest BCUT2D eigenvalue weighted by Gasteiger charge is 2.54. The van der Waals surface area contributed by atoms with Crippen LogP contribution in [-0.2, 0) is 22.4 Å². The normalized spacial score (nSPS) is 13.8. The summed E-state index contributed by atoms with van der Waals surface area (Å²) in [4.78, 5) is 38.0. The summed E-state index contributed by atoms with van der Waals surface area (Å²) in [6.07, 6.45) is 2.80. The average Bonchev–Trinajstić information content (AvgIpc) is 3.70. The van der Waals surface area contributed by atoms with Gasteiger partial charge < -0.3 is 9.47 Å². The monoisotopic (exact) mass is 507 g/mol. The molecule has 0 amide bonds. The van der Waals surface area contributed by atoms with Crippen molar-refractivity contribution in [1.82, 2.24) is 15.0 Å². The first-order valence-corrected chi connectivity index (χ1v) is 11.4. The van der Waals surface area contributed by atoms with Crippen molar-refractivity contribution in [3.63, 3.8) is 0 Å². The SMILES string of the molecule is COc1cnc2c(Oc3cc(F)c(CC(=O)C4(C(=O)Cc5ccc(F)cc5)CC4)cc3F)ncnc2c1. The van der Waals surface area contributed by atoms with E-state index < -0.39 is 40.8 Å². The molecule has 0 spiro atoms. The Morgan fingerprint density at radius 3 is 2.35 bits per heavy atom. The minimum Gasteiger partial charge on any atom is -0.495 e. The predicted molar refractivity (Wildman–Crippen MR) is 126 cm³/mol. The molecule has 1 aliphatic rings. The number of hydrogen-bond donors (Lipinski definition) is 0. The first-order chi connectivity index (χ1) is 17.8. The summed E-state index contributed by atoms with van der Waals surface area (Å²) in [7, 11) is 1.47. The number of nitrogens with zero attached hydrogens (tertiary/aromatic N) is 3. The lowest BCUT2D eigenvalue weighted by molar-refractivity contribution is -0.133. The molecule has 37 heavy (non-hydrogen) atoms. The number of carbonyl (C=O) groups is 2. The van der Waals surface area contributed by atoms with Crippen molar-refractivity contribution >= 4 is 22.6 Å². The number of Topliss-reactive ketones (excluding diaryl/α,β-unsaturated/α-hetero) is 2. The maximum absolute atomic E-state index is 14.9. The molecule has 1 saturated carbocycles. The third-order valence-electron chi connectivity index (χ3n) is 6.41. The Hall–Kier alpha value is -4.34. The van der Waals surface area contributed by atoms with E-state index in [0.29, 0.717) is 29.7 Å². The van der Waals surface area contributed by atoms with Gasteiger partial charge in [0.25, 0.3) is 0 Å². The number of aromatic nitrogens is 3. The summed E-state index contributed by atoms with van der Waals surface area (Å²) in [5.74, 6) is -3.07. The number of hydrogen-bond acceptors (Lipinski definition) is 7. The van der Waals surface area contributed by atoms with Crippen LogP contribution in [0.25, 0.3) is 11.0 Å². The summed E-state index contributed by atoms with van der Waals surface area (Å²) in [6, 6.07) is 8.74. The Balaban J connectivity index is 1.33. The van der Waals surface area contributed by atoms with E-state index in [4.69, 9.17) is 9.47 Å². The van der Waals surface area contributed by atoms with Gasteiger partial charge in [0, 0.05) is 25.0 Å². The molecule has 0 saturated heterocycles. The van der Waals surface area contributed by atoms with E-state index in [0.717, 1.165) is 12.1 Å². The van der Waals surface area contributed by atoms with Gasteiger partial charge in [-0.15, -0.1) is 0 Å². The molecule has 2 aromatic carbocycles. The number of halogens is 3. The number of pyridine rings is 1. The van der Waals surface area contributed by atoms with Crippen LogP contribution >= 0.6 is 0 Å². The second-order valence-electron chi connectivity index (χ2n) is 8.81. The van der Waals surface area contributed by atoms with E-state index in [1.54, 1.807) is 6.07 Å². The smallest absolute Gasteiger partial charge is 0.249 e. The molecule has 0 unspecified atom stereocenters. The number of fused-ring (bicyclic) bond motifs is 1. The van der Waals surface area contributed by atoms with E-state index >= 15 is 0 Å². The minimum absolute atomic E-state index is 0.0392. The minimum atomic E-state index is -1.22. The summed E-state index contributed by atoms with van der Waals surface area (Å²) in [5, 5.41) is 0. The van der Waals surface area contributed by atoms with Crippen LogP contribution in [0.15, 0.2) is 55.0 Å². The van der Waals surface area contributed by atoms with E-state index in [9.17, 15) is 22.8 Å². The van der Waals surface area contributed by atoms with Gasteiger partial charge >= 0.3 is 0 Å². The fourth-order valence-corrected chi connectivity index (χ4v) is 4.11. The highest BCUT2D eigenvalue weighted by atomic mass is 19.1. The Bertz CT molecular complexity index is 1520. The quantitative estimate of drug-likeness (QED) is 0.296. The molecule has 1 fully saturated rings. The predicted octanol–water partition coefficient (Wildman–Crippen LogP) is 4.95. The lowest BCUT2D eigenvalue weighted by atomic mass is 9.87. The molecule has 1 aliphatic carbocycles. The number of ketones is 2. The summed E-state index contributed by atoms with van der Waals surface area (Å²) >= 11 is 0. The number of rotatable bonds is 9. The summed E-state index contributed by atoms with van der Waals surface area (Å²) in [5.41, 5.74) is -0.232. The van der Waals surface area contributed by atoms with E-state index in [-0.39, 0.29) is 29.2 Å². The van der Waals surface area contributed by atoms with Gasteiger partial charge in [0.15, 0.2) is 28.6 Å². The standard InChI is InChI=1S/C27H20F3N3O4/c1-36-18-11-21-25(31-13-18)26(33-14-32-21)37-22-12-19(29)16(9-20(22)30)10-24(35)27(6-7-27)23(34)8-15-2-4-17(28)5-3-15/h2-5,9,11-14H,6-8,10H2,1H3. The molecule has 7 nitrogen and oxygen atoms in total. The van der Waals surface area contributed by atoms with Crippen LogP contribution in [0.5, 0.6) is 17.4 Å². The maximum atomic E-state index is 14.9. The molecule has 188 valence electrons. The van der Waals surface area contributed by atoms with Gasteiger partial charge in [-0.05, 0) is 42.2 Å². The maximum Gasteiger partial charge on any atom is 0.249 e. The zero-order chi connectivity index (χ0) is 26.2. The number of benzene rings is 2. The van der Waals surface area contributed by atoms with Crippen LogP contribution in [0.4, 0.5) is 13.2 Å². The van der Waals surface area contributed by atoms with Crippen LogP contribution in [-0.4, -0.2) is 33.6 Å². The second-order valence-corrected chi connectivity index (χ2v) is 8.81. The van der Waals surface area contributed by atoms with Gasteiger partial charge in [-0.25, -0.2) is 23.1 Å². The Labute approximate surface area is 209 Å². The lowest BCUT2D eigenvalue weighted by Gasteiger charge is -2.14. The molecule has 2 heterocycles. The molecule has 10 heteroatoms. The van der Waals surface area contributed by atoms with Gasteiger partial charge in [-0.2, -0.15) is 4.98 Å². The molecule has 0 bridgehead atoms. The van der Waals surface area contributed by atoms with Crippen molar-refractivity contribution in [2.24, 2.45) is 5.41 Å². The van der Waals surface area contributed by atoms with Crippen molar-refractivity contribution in [3.05, 3.63) is 83.6 Å². The zero-order valence-electron chi connectivity index (χ0n) is 19.6. The molecular weight excluding hydrogens is 487 g/mol. The topological polar surface area (TPSA) is 91.3 Å². The molecule has 2 aromatic heterocycles. The van der Waals surface area contributed by atoms with Gasteiger partial charge in [0.1, 0.15) is 23.7 Å². The number of methoxy groups -OCH3 is 1. The Morgan fingerprint density at radius 1 is 0.919 bits per heavy atom. The molecule has 0 N–H and O–H groups in total. The number of carbonyl (C=O) groups excluding carboxylic acids is 2. The van der Waals surface area contributed by atoms with Gasteiger partial charge in [-0.3, -0.25) is 9.59 Å². The fourth-order valence-electron chi connectivity index (χ4n) is 4.11. The molecule has 0 atom stereocenters. The van der Waals surface area contributed by atoms with E-state index in [1.807, 2.05) is 0 Å². The van der Waals surface area contributed by atoms with E-state index in [2.05, 4.69) is 15.0 Å². The van der Waals surface area contributed by atoms with Crippen LogP contribution in [0.1, 0.15) is 24.0 Å². The molecule has 0 radical (unpaired) electrons. The first kappa shape index (κ1) is 24.4. The number of ether oxygens (including phenoxy) is 2.